The van der Waals surface area contributed by atoms with Gasteiger partial charge in [-0.3, -0.25) is 9.59 Å². The number of para-hydroxylation sites is 1. The van der Waals surface area contributed by atoms with Crippen LogP contribution in [-0.2, 0) is 12.8 Å². The number of amides is 1. The molecule has 36 heavy (non-hydrogen) atoms. The van der Waals surface area contributed by atoms with E-state index in [0.717, 1.165) is 30.5 Å². The maximum atomic E-state index is 13.1. The Balaban J connectivity index is 1.36. The van der Waals surface area contributed by atoms with Crippen molar-refractivity contribution in [3.63, 3.8) is 0 Å². The Morgan fingerprint density at radius 1 is 1.06 bits per heavy atom. The number of carbonyl (C=O) groups is 1. The minimum Gasteiger partial charge on any atom is -0.350 e. The largest absolute Gasteiger partial charge is 0.350 e. The van der Waals surface area contributed by atoms with E-state index in [4.69, 9.17) is 0 Å². The number of aryl methyl sites for hydroxylation is 2. The fourth-order valence-electron chi connectivity index (χ4n) is 4.17. The van der Waals surface area contributed by atoms with Crippen LogP contribution in [-0.4, -0.2) is 26.5 Å². The molecule has 3 aromatic carbocycles. The Morgan fingerprint density at radius 2 is 1.83 bits per heavy atom. The summed E-state index contributed by atoms with van der Waals surface area (Å²) in [6.45, 7) is 4.09. The molecule has 0 aliphatic carbocycles. The van der Waals surface area contributed by atoms with E-state index in [0.29, 0.717) is 26.6 Å². The molecule has 0 saturated carbocycles. The number of aromatic nitrogens is 3. The molecule has 1 amide bonds. The number of rotatable bonds is 8. The summed E-state index contributed by atoms with van der Waals surface area (Å²) in [4.78, 5) is 31.1. The van der Waals surface area contributed by atoms with Crippen molar-refractivity contribution in [1.82, 2.24) is 19.9 Å². The molecule has 2 N–H and O–H groups in total. The summed E-state index contributed by atoms with van der Waals surface area (Å²) >= 11 is 1.30. The van der Waals surface area contributed by atoms with Gasteiger partial charge in [-0.25, -0.2) is 4.98 Å². The zero-order chi connectivity index (χ0) is 25.1. The predicted molar refractivity (Wildman–Crippen MR) is 145 cm³/mol. The SMILES string of the molecule is CCc1ccccc1Nc1nn2c(=O)c3ccc(C(=O)N[C@H](C)CCc4ccccc4)cc3nc2s1. The Labute approximate surface area is 212 Å². The first-order valence-electron chi connectivity index (χ1n) is 12.0. The first-order valence-corrected chi connectivity index (χ1v) is 12.9. The Kier molecular flexibility index (Phi) is 6.77. The summed E-state index contributed by atoms with van der Waals surface area (Å²) in [6, 6.07) is 23.2. The third kappa shape index (κ3) is 4.99. The van der Waals surface area contributed by atoms with Crippen molar-refractivity contribution >= 4 is 43.9 Å². The summed E-state index contributed by atoms with van der Waals surface area (Å²) in [5.41, 5.74) is 4.06. The number of hydrogen-bond acceptors (Lipinski definition) is 6. The van der Waals surface area contributed by atoms with Gasteiger partial charge >= 0.3 is 0 Å². The number of nitrogens with one attached hydrogen (secondary N) is 2. The van der Waals surface area contributed by atoms with Crippen molar-refractivity contribution < 1.29 is 4.79 Å². The van der Waals surface area contributed by atoms with Crippen LogP contribution < -0.4 is 16.2 Å². The minimum absolute atomic E-state index is 0.00981. The van der Waals surface area contributed by atoms with Gasteiger partial charge in [0.05, 0.1) is 10.9 Å². The molecule has 0 unspecified atom stereocenters. The van der Waals surface area contributed by atoms with Crippen LogP contribution >= 0.6 is 11.3 Å². The summed E-state index contributed by atoms with van der Waals surface area (Å²) in [5.74, 6) is -0.178. The molecule has 1 atom stereocenters. The van der Waals surface area contributed by atoms with Crippen molar-refractivity contribution in [2.75, 3.05) is 5.32 Å². The molecule has 7 nitrogen and oxygen atoms in total. The maximum absolute atomic E-state index is 13.1. The number of hydrogen-bond donors (Lipinski definition) is 2. The first kappa shape index (κ1) is 23.7. The molecule has 2 aromatic heterocycles. The van der Waals surface area contributed by atoms with Gasteiger partial charge in [-0.2, -0.15) is 4.52 Å². The lowest BCUT2D eigenvalue weighted by molar-refractivity contribution is 0.0938. The van der Waals surface area contributed by atoms with Gasteiger partial charge in [0, 0.05) is 17.3 Å². The van der Waals surface area contributed by atoms with Crippen molar-refractivity contribution in [1.29, 1.82) is 0 Å². The molecular weight excluding hydrogens is 470 g/mol. The molecule has 0 bridgehead atoms. The van der Waals surface area contributed by atoms with Crippen LogP contribution in [0.2, 0.25) is 0 Å². The average Bonchev–Trinajstić information content (AvgIpc) is 3.30. The molecule has 182 valence electrons. The molecule has 5 rings (SSSR count). The van der Waals surface area contributed by atoms with Gasteiger partial charge in [0.2, 0.25) is 10.1 Å². The monoisotopic (exact) mass is 497 g/mol. The zero-order valence-corrected chi connectivity index (χ0v) is 21.0. The lowest BCUT2D eigenvalue weighted by Crippen LogP contribution is -2.33. The van der Waals surface area contributed by atoms with Crippen LogP contribution in [0.15, 0.2) is 77.6 Å². The number of carbonyl (C=O) groups excluding carboxylic acids is 1. The summed E-state index contributed by atoms with van der Waals surface area (Å²) in [7, 11) is 0. The molecule has 2 heterocycles. The van der Waals surface area contributed by atoms with Gasteiger partial charge in [-0.15, -0.1) is 5.10 Å². The van der Waals surface area contributed by atoms with Crippen molar-refractivity contribution in [3.05, 3.63) is 99.8 Å². The molecule has 8 heteroatoms. The van der Waals surface area contributed by atoms with Crippen molar-refractivity contribution in [2.45, 2.75) is 39.2 Å². The van der Waals surface area contributed by atoms with Gasteiger partial charge in [-0.1, -0.05) is 66.8 Å². The number of nitrogens with zero attached hydrogens (tertiary/aromatic N) is 3. The highest BCUT2D eigenvalue weighted by Gasteiger charge is 2.15. The highest BCUT2D eigenvalue weighted by atomic mass is 32.1. The second-order valence-electron chi connectivity index (χ2n) is 8.78. The molecule has 0 aliphatic heterocycles. The van der Waals surface area contributed by atoms with Crippen LogP contribution in [0.1, 0.15) is 41.8 Å². The molecule has 0 aliphatic rings. The molecule has 0 spiro atoms. The lowest BCUT2D eigenvalue weighted by atomic mass is 10.1. The topological polar surface area (TPSA) is 88.4 Å². The van der Waals surface area contributed by atoms with Gasteiger partial charge < -0.3 is 10.6 Å². The number of anilines is 2. The first-order chi connectivity index (χ1) is 17.5. The molecule has 0 saturated heterocycles. The van der Waals surface area contributed by atoms with Crippen LogP contribution in [0.3, 0.4) is 0 Å². The van der Waals surface area contributed by atoms with E-state index in [1.165, 1.54) is 21.4 Å². The van der Waals surface area contributed by atoms with E-state index in [1.54, 1.807) is 18.2 Å². The Morgan fingerprint density at radius 3 is 2.64 bits per heavy atom. The van der Waals surface area contributed by atoms with Gasteiger partial charge in [0.15, 0.2) is 0 Å². The van der Waals surface area contributed by atoms with E-state index in [-0.39, 0.29) is 17.5 Å². The highest BCUT2D eigenvalue weighted by Crippen LogP contribution is 2.25. The molecular formula is C28H27N5O2S. The smallest absolute Gasteiger partial charge is 0.283 e. The van der Waals surface area contributed by atoms with Crippen LogP contribution in [0.4, 0.5) is 10.8 Å². The van der Waals surface area contributed by atoms with Crippen molar-refractivity contribution in [3.8, 4) is 0 Å². The molecule has 0 fully saturated rings. The normalized spacial score (nSPS) is 12.1. The van der Waals surface area contributed by atoms with Gasteiger partial charge in [0.25, 0.3) is 11.5 Å². The van der Waals surface area contributed by atoms with E-state index < -0.39 is 0 Å². The van der Waals surface area contributed by atoms with E-state index in [2.05, 4.69) is 45.8 Å². The van der Waals surface area contributed by atoms with Gasteiger partial charge in [0.1, 0.15) is 0 Å². The summed E-state index contributed by atoms with van der Waals surface area (Å²) in [6.07, 6.45) is 2.61. The average molecular weight is 498 g/mol. The highest BCUT2D eigenvalue weighted by molar-refractivity contribution is 7.20. The van der Waals surface area contributed by atoms with E-state index in [1.807, 2.05) is 43.3 Å². The number of benzene rings is 3. The predicted octanol–water partition coefficient (Wildman–Crippen LogP) is 5.36. The maximum Gasteiger partial charge on any atom is 0.283 e. The van der Waals surface area contributed by atoms with E-state index >= 15 is 0 Å². The summed E-state index contributed by atoms with van der Waals surface area (Å²) in [5, 5.41) is 11.8. The Hall–Kier alpha value is -4.04. The van der Waals surface area contributed by atoms with Crippen LogP contribution in [0.5, 0.6) is 0 Å². The summed E-state index contributed by atoms with van der Waals surface area (Å²) < 4.78 is 1.31. The lowest BCUT2D eigenvalue weighted by Gasteiger charge is -2.14. The Bertz CT molecular complexity index is 1590. The standard InChI is InChI=1S/C28H27N5O2S/c1-3-20-11-7-8-12-23(20)30-27-32-33-26(35)22-16-15-21(17-24(22)31-28(33)36-27)25(34)29-18(2)13-14-19-9-5-4-6-10-19/h4-12,15-18H,3,13-14H2,1-2H3,(H,29,34)(H,30,32)/t18-/m1/s1. The molecule has 5 aromatic rings. The fraction of sp³-hybridized carbons (Fsp3) is 0.214. The van der Waals surface area contributed by atoms with Crippen molar-refractivity contribution in [2.24, 2.45) is 0 Å². The van der Waals surface area contributed by atoms with Gasteiger partial charge in [-0.05, 0) is 61.6 Å². The van der Waals surface area contributed by atoms with Crippen LogP contribution in [0, 0.1) is 0 Å². The third-order valence-corrected chi connectivity index (χ3v) is 7.01. The second-order valence-corrected chi connectivity index (χ2v) is 9.74. The fourth-order valence-corrected chi connectivity index (χ4v) is 4.98. The zero-order valence-electron chi connectivity index (χ0n) is 20.2. The minimum atomic E-state index is -0.258. The quantitative estimate of drug-likeness (QED) is 0.301. The van der Waals surface area contributed by atoms with E-state index in [9.17, 15) is 9.59 Å². The molecule has 0 radical (unpaired) electrons. The third-order valence-electron chi connectivity index (χ3n) is 6.18. The number of fused-ring (bicyclic) bond motifs is 2. The van der Waals surface area contributed by atoms with Crippen LogP contribution in [0.25, 0.3) is 15.9 Å². The second kappa shape index (κ2) is 10.3.